The van der Waals surface area contributed by atoms with E-state index in [0.29, 0.717) is 11.5 Å². The lowest BCUT2D eigenvalue weighted by atomic mass is 10.2. The Morgan fingerprint density at radius 3 is 2.94 bits per heavy atom. The van der Waals surface area contributed by atoms with Crippen LogP contribution >= 0.6 is 0 Å². The van der Waals surface area contributed by atoms with Crippen LogP contribution in [0.25, 0.3) is 5.82 Å². The molecule has 0 unspecified atom stereocenters. The molecule has 3 rings (SSSR count). The number of pyridine rings is 1. The Bertz CT molecular complexity index is 545. The van der Waals surface area contributed by atoms with E-state index in [-0.39, 0.29) is 18.2 Å². The molecule has 4 nitrogen and oxygen atoms in total. The van der Waals surface area contributed by atoms with Crippen LogP contribution in [-0.2, 0) is 6.54 Å². The molecule has 0 atom stereocenters. The molecule has 0 aromatic carbocycles. The van der Waals surface area contributed by atoms with Gasteiger partial charge in [0.25, 0.3) is 0 Å². The van der Waals surface area contributed by atoms with Gasteiger partial charge in [0.15, 0.2) is 11.6 Å². The van der Waals surface area contributed by atoms with Crippen LogP contribution < -0.4 is 5.73 Å². The molecule has 88 valence electrons. The first kappa shape index (κ1) is 10.4. The van der Waals surface area contributed by atoms with Gasteiger partial charge in [0.2, 0.25) is 0 Å². The molecule has 17 heavy (non-hydrogen) atoms. The summed E-state index contributed by atoms with van der Waals surface area (Å²) in [5.41, 5.74) is 6.94. The Morgan fingerprint density at radius 2 is 2.24 bits per heavy atom. The molecule has 0 bridgehead atoms. The lowest BCUT2D eigenvalue weighted by Crippen LogP contribution is -2.07. The topological polar surface area (TPSA) is 56.7 Å². The number of hydrogen-bond acceptors (Lipinski definition) is 3. The molecule has 1 saturated carbocycles. The van der Waals surface area contributed by atoms with Gasteiger partial charge in [0.1, 0.15) is 0 Å². The highest BCUT2D eigenvalue weighted by Crippen LogP contribution is 2.39. The Hall–Kier alpha value is -1.75. The predicted octanol–water partition coefficient (Wildman–Crippen LogP) is 1.74. The largest absolute Gasteiger partial charge is 0.326 e. The summed E-state index contributed by atoms with van der Waals surface area (Å²) in [5, 5.41) is 4.35. The van der Waals surface area contributed by atoms with Gasteiger partial charge in [-0.1, -0.05) is 0 Å². The zero-order valence-corrected chi connectivity index (χ0v) is 9.31. The van der Waals surface area contributed by atoms with Crippen LogP contribution in [0.4, 0.5) is 4.39 Å². The zero-order valence-electron chi connectivity index (χ0n) is 9.31. The molecule has 0 spiro atoms. The summed E-state index contributed by atoms with van der Waals surface area (Å²) >= 11 is 0. The van der Waals surface area contributed by atoms with Crippen molar-refractivity contribution in [3.05, 3.63) is 41.6 Å². The SMILES string of the molecule is NCc1ccnc(-n2ccc(C3CC3)n2)c1F. The van der Waals surface area contributed by atoms with E-state index in [2.05, 4.69) is 10.1 Å². The van der Waals surface area contributed by atoms with E-state index in [0.717, 1.165) is 5.69 Å². The average molecular weight is 232 g/mol. The molecular formula is C12H13FN4. The van der Waals surface area contributed by atoms with Crippen molar-refractivity contribution in [1.29, 1.82) is 0 Å². The molecule has 2 heterocycles. The van der Waals surface area contributed by atoms with Crippen molar-refractivity contribution in [2.75, 3.05) is 0 Å². The first-order valence-corrected chi connectivity index (χ1v) is 5.69. The predicted molar refractivity (Wildman–Crippen MR) is 61.2 cm³/mol. The Labute approximate surface area is 98.3 Å². The Balaban J connectivity index is 2.01. The normalized spacial score (nSPS) is 15.2. The molecule has 0 aliphatic heterocycles. The third kappa shape index (κ3) is 1.82. The Morgan fingerprint density at radius 1 is 1.41 bits per heavy atom. The lowest BCUT2D eigenvalue weighted by Gasteiger charge is -2.05. The van der Waals surface area contributed by atoms with Gasteiger partial charge in [-0.25, -0.2) is 14.1 Å². The zero-order chi connectivity index (χ0) is 11.8. The molecule has 2 N–H and O–H groups in total. The highest BCUT2D eigenvalue weighted by atomic mass is 19.1. The van der Waals surface area contributed by atoms with Crippen molar-refractivity contribution in [2.45, 2.75) is 25.3 Å². The van der Waals surface area contributed by atoms with Crippen LogP contribution in [0.15, 0.2) is 24.5 Å². The van der Waals surface area contributed by atoms with Gasteiger partial charge in [-0.2, -0.15) is 5.10 Å². The highest BCUT2D eigenvalue weighted by Gasteiger charge is 2.26. The van der Waals surface area contributed by atoms with E-state index in [1.54, 1.807) is 18.5 Å². The van der Waals surface area contributed by atoms with Gasteiger partial charge in [-0.3, -0.25) is 0 Å². The molecule has 5 heteroatoms. The maximum absolute atomic E-state index is 14.0. The molecule has 2 aromatic heterocycles. The standard InChI is InChI=1S/C12H13FN4/c13-11-9(7-14)3-5-15-12(11)17-6-4-10(16-17)8-1-2-8/h3-6,8H,1-2,7,14H2. The van der Waals surface area contributed by atoms with E-state index < -0.39 is 0 Å². The van der Waals surface area contributed by atoms with Crippen LogP contribution in [0.3, 0.4) is 0 Å². The van der Waals surface area contributed by atoms with Crippen molar-refractivity contribution in [1.82, 2.24) is 14.8 Å². The van der Waals surface area contributed by atoms with E-state index >= 15 is 0 Å². The summed E-state index contributed by atoms with van der Waals surface area (Å²) in [4.78, 5) is 4.02. The summed E-state index contributed by atoms with van der Waals surface area (Å²) in [7, 11) is 0. The van der Waals surface area contributed by atoms with Gasteiger partial charge in [-0.15, -0.1) is 0 Å². The molecule has 0 saturated heterocycles. The fourth-order valence-corrected chi connectivity index (χ4v) is 1.84. The molecule has 1 aliphatic rings. The second-order valence-electron chi connectivity index (χ2n) is 4.27. The van der Waals surface area contributed by atoms with Crippen LogP contribution in [0.5, 0.6) is 0 Å². The van der Waals surface area contributed by atoms with Crippen LogP contribution in [-0.4, -0.2) is 14.8 Å². The van der Waals surface area contributed by atoms with Gasteiger partial charge in [0.05, 0.1) is 5.69 Å². The van der Waals surface area contributed by atoms with Gasteiger partial charge < -0.3 is 5.73 Å². The number of rotatable bonds is 3. The smallest absolute Gasteiger partial charge is 0.190 e. The van der Waals surface area contributed by atoms with E-state index in [1.165, 1.54) is 17.5 Å². The van der Waals surface area contributed by atoms with Crippen molar-refractivity contribution in [3.8, 4) is 5.82 Å². The quantitative estimate of drug-likeness (QED) is 0.877. The van der Waals surface area contributed by atoms with Crippen LogP contribution in [0, 0.1) is 5.82 Å². The number of aromatic nitrogens is 3. The summed E-state index contributed by atoms with van der Waals surface area (Å²) in [6.45, 7) is 0.165. The average Bonchev–Trinajstić information content (AvgIpc) is 3.08. The fourth-order valence-electron chi connectivity index (χ4n) is 1.84. The number of nitrogens with zero attached hydrogens (tertiary/aromatic N) is 3. The van der Waals surface area contributed by atoms with E-state index in [1.807, 2.05) is 6.07 Å². The minimum absolute atomic E-state index is 0.165. The first-order chi connectivity index (χ1) is 8.29. The van der Waals surface area contributed by atoms with Crippen molar-refractivity contribution in [3.63, 3.8) is 0 Å². The monoisotopic (exact) mass is 232 g/mol. The van der Waals surface area contributed by atoms with Crippen LogP contribution in [0.1, 0.15) is 30.0 Å². The minimum atomic E-state index is -0.388. The lowest BCUT2D eigenvalue weighted by molar-refractivity contribution is 0.584. The fraction of sp³-hybridized carbons (Fsp3) is 0.333. The summed E-state index contributed by atoms with van der Waals surface area (Å²) in [5.74, 6) is 0.386. The first-order valence-electron chi connectivity index (χ1n) is 5.69. The maximum Gasteiger partial charge on any atom is 0.190 e. The molecule has 0 radical (unpaired) electrons. The minimum Gasteiger partial charge on any atom is -0.326 e. The number of nitrogens with two attached hydrogens (primary N) is 1. The summed E-state index contributed by atoms with van der Waals surface area (Å²) < 4.78 is 15.5. The summed E-state index contributed by atoms with van der Waals surface area (Å²) in [6.07, 6.45) is 5.66. The third-order valence-corrected chi connectivity index (χ3v) is 2.99. The molecule has 0 amide bonds. The number of hydrogen-bond donors (Lipinski definition) is 1. The molecular weight excluding hydrogens is 219 g/mol. The summed E-state index contributed by atoms with van der Waals surface area (Å²) in [6, 6.07) is 3.51. The Kier molecular flexibility index (Phi) is 2.40. The van der Waals surface area contributed by atoms with Crippen molar-refractivity contribution >= 4 is 0 Å². The second kappa shape index (κ2) is 3.92. The van der Waals surface area contributed by atoms with Gasteiger partial charge in [-0.05, 0) is 25.0 Å². The second-order valence-corrected chi connectivity index (χ2v) is 4.27. The maximum atomic E-state index is 14.0. The van der Waals surface area contributed by atoms with Gasteiger partial charge in [0, 0.05) is 30.4 Å². The van der Waals surface area contributed by atoms with E-state index in [9.17, 15) is 4.39 Å². The van der Waals surface area contributed by atoms with Gasteiger partial charge >= 0.3 is 0 Å². The molecule has 2 aromatic rings. The number of halogens is 1. The molecule has 1 aliphatic carbocycles. The van der Waals surface area contributed by atoms with Crippen LogP contribution in [0.2, 0.25) is 0 Å². The van der Waals surface area contributed by atoms with Crippen molar-refractivity contribution in [2.24, 2.45) is 5.73 Å². The molecule has 1 fully saturated rings. The van der Waals surface area contributed by atoms with Crippen molar-refractivity contribution < 1.29 is 4.39 Å². The highest BCUT2D eigenvalue weighted by molar-refractivity contribution is 5.30. The third-order valence-electron chi connectivity index (χ3n) is 2.99. The van der Waals surface area contributed by atoms with E-state index in [4.69, 9.17) is 5.73 Å².